The van der Waals surface area contributed by atoms with E-state index in [0.29, 0.717) is 13.0 Å². The number of hydrogen-bond acceptors (Lipinski definition) is 5. The number of aromatic amines is 1. The lowest BCUT2D eigenvalue weighted by molar-refractivity contribution is -0.128. The Hall–Kier alpha value is -2.35. The van der Waals surface area contributed by atoms with E-state index in [1.165, 1.54) is 4.88 Å². The van der Waals surface area contributed by atoms with Crippen molar-refractivity contribution < 1.29 is 9.59 Å². The van der Waals surface area contributed by atoms with E-state index >= 15 is 0 Å². The number of likely N-dealkylation sites (tertiary alicyclic amines) is 1. The van der Waals surface area contributed by atoms with Crippen molar-refractivity contribution >= 4 is 29.0 Å². The maximum Gasteiger partial charge on any atom is 0.225 e. The van der Waals surface area contributed by atoms with E-state index in [1.807, 2.05) is 6.07 Å². The number of piperidine rings is 1. The molecule has 0 radical (unpaired) electrons. The van der Waals surface area contributed by atoms with E-state index in [4.69, 9.17) is 0 Å². The molecule has 0 saturated carbocycles. The van der Waals surface area contributed by atoms with Gasteiger partial charge in [-0.25, -0.2) is 0 Å². The number of nitrogens with one attached hydrogen (secondary N) is 2. The van der Waals surface area contributed by atoms with E-state index in [0.717, 1.165) is 37.4 Å². The molecule has 0 aromatic carbocycles. The largest absolute Gasteiger partial charge is 0.355 e. The van der Waals surface area contributed by atoms with Gasteiger partial charge in [0.15, 0.2) is 5.82 Å². The number of rotatable bonds is 4. The lowest BCUT2D eigenvalue weighted by Gasteiger charge is -2.32. The molecule has 0 spiro atoms. The first-order valence-electron chi connectivity index (χ1n) is 8.98. The molecule has 4 rings (SSSR count). The Morgan fingerprint density at radius 2 is 2.19 bits per heavy atom. The summed E-state index contributed by atoms with van der Waals surface area (Å²) in [6.45, 7) is 2.26. The second kappa shape index (κ2) is 7.11. The van der Waals surface area contributed by atoms with E-state index in [-0.39, 0.29) is 23.8 Å². The summed E-state index contributed by atoms with van der Waals surface area (Å²) in [5.74, 6) is 0.826. The predicted molar refractivity (Wildman–Crippen MR) is 101 cm³/mol. The fraction of sp³-hybridized carbons (Fsp3) is 0.500. The van der Waals surface area contributed by atoms with Gasteiger partial charge >= 0.3 is 0 Å². The zero-order chi connectivity index (χ0) is 18.1. The van der Waals surface area contributed by atoms with Crippen LogP contribution < -0.4 is 10.2 Å². The number of thiophene rings is 1. The summed E-state index contributed by atoms with van der Waals surface area (Å²) < 4.78 is 0. The van der Waals surface area contributed by atoms with Crippen LogP contribution in [0.5, 0.6) is 0 Å². The van der Waals surface area contributed by atoms with Gasteiger partial charge in [-0.15, -0.1) is 11.3 Å². The number of amides is 2. The Bertz CT molecular complexity index is 779. The number of nitrogens with zero attached hydrogens (tertiary/aromatic N) is 3. The zero-order valence-electron chi connectivity index (χ0n) is 14.8. The van der Waals surface area contributed by atoms with Crippen molar-refractivity contribution in [2.45, 2.75) is 25.3 Å². The van der Waals surface area contributed by atoms with Gasteiger partial charge in [0, 0.05) is 45.2 Å². The van der Waals surface area contributed by atoms with Crippen LogP contribution in [-0.2, 0) is 9.59 Å². The maximum absolute atomic E-state index is 12.4. The molecule has 0 bridgehead atoms. The molecule has 2 N–H and O–H groups in total. The molecule has 4 heterocycles. The molecule has 2 aliphatic heterocycles. The fourth-order valence-electron chi connectivity index (χ4n) is 3.64. The zero-order valence-corrected chi connectivity index (χ0v) is 15.6. The minimum Gasteiger partial charge on any atom is -0.355 e. The standard InChI is InChI=1S/C18H23N5O2S/c1-22-11-12(9-17(22)24)18(25)19-13-4-6-23(7-5-13)16-10-14(20-21-16)15-3-2-8-26-15/h2-3,8,10,12-13H,4-7,9,11H2,1H3,(H,19,25)(H,20,21)/t12-/m0/s1. The topological polar surface area (TPSA) is 81.3 Å². The summed E-state index contributed by atoms with van der Waals surface area (Å²) in [7, 11) is 1.75. The third kappa shape index (κ3) is 3.46. The molecule has 2 aromatic heterocycles. The van der Waals surface area contributed by atoms with Crippen molar-refractivity contribution in [2.24, 2.45) is 5.92 Å². The molecule has 26 heavy (non-hydrogen) atoms. The molecule has 2 fully saturated rings. The Morgan fingerprint density at radius 1 is 1.38 bits per heavy atom. The van der Waals surface area contributed by atoms with Crippen LogP contribution in [0.15, 0.2) is 23.6 Å². The lowest BCUT2D eigenvalue weighted by atomic mass is 10.0. The third-order valence-electron chi connectivity index (χ3n) is 5.23. The molecule has 2 saturated heterocycles. The highest BCUT2D eigenvalue weighted by Crippen LogP contribution is 2.27. The fourth-order valence-corrected chi connectivity index (χ4v) is 4.33. The molecule has 0 aliphatic carbocycles. The van der Waals surface area contributed by atoms with Crippen LogP contribution >= 0.6 is 11.3 Å². The molecule has 2 amide bonds. The van der Waals surface area contributed by atoms with Crippen molar-refractivity contribution in [1.82, 2.24) is 20.4 Å². The van der Waals surface area contributed by atoms with Crippen LogP contribution in [0.1, 0.15) is 19.3 Å². The van der Waals surface area contributed by atoms with Crippen LogP contribution in [0.25, 0.3) is 10.6 Å². The van der Waals surface area contributed by atoms with Gasteiger partial charge in [-0.1, -0.05) is 6.07 Å². The van der Waals surface area contributed by atoms with Gasteiger partial charge in [0.05, 0.1) is 16.5 Å². The number of anilines is 1. The van der Waals surface area contributed by atoms with E-state index < -0.39 is 0 Å². The molecular weight excluding hydrogens is 350 g/mol. The average Bonchev–Trinajstić information content (AvgIpc) is 3.37. The first-order chi connectivity index (χ1) is 12.6. The van der Waals surface area contributed by atoms with Gasteiger partial charge in [-0.3, -0.25) is 14.7 Å². The number of carbonyl (C=O) groups excluding carboxylic acids is 2. The summed E-state index contributed by atoms with van der Waals surface area (Å²) in [4.78, 5) is 29.0. The quantitative estimate of drug-likeness (QED) is 0.855. The normalized spacial score (nSPS) is 21.4. The van der Waals surface area contributed by atoms with Crippen LogP contribution in [-0.4, -0.2) is 59.6 Å². The first kappa shape index (κ1) is 17.1. The Labute approximate surface area is 156 Å². The van der Waals surface area contributed by atoms with E-state index in [9.17, 15) is 9.59 Å². The second-order valence-corrected chi connectivity index (χ2v) is 8.01. The minimum atomic E-state index is -0.203. The van der Waals surface area contributed by atoms with Gasteiger partial charge < -0.3 is 15.1 Å². The summed E-state index contributed by atoms with van der Waals surface area (Å²) in [5.41, 5.74) is 1.04. The van der Waals surface area contributed by atoms with Gasteiger partial charge in [-0.05, 0) is 24.3 Å². The first-order valence-corrected chi connectivity index (χ1v) is 9.86. The average molecular weight is 373 g/mol. The SMILES string of the molecule is CN1C[C@@H](C(=O)NC2CCN(c3cc(-c4cccs4)[nH]n3)CC2)CC1=O. The molecule has 2 aromatic rings. The Balaban J connectivity index is 1.29. The second-order valence-electron chi connectivity index (χ2n) is 7.06. The monoisotopic (exact) mass is 373 g/mol. The molecule has 8 heteroatoms. The summed E-state index contributed by atoms with van der Waals surface area (Å²) in [5, 5.41) is 12.7. The molecular formula is C18H23N5O2S. The van der Waals surface area contributed by atoms with Crippen LogP contribution in [0.4, 0.5) is 5.82 Å². The minimum absolute atomic E-state index is 0.0147. The maximum atomic E-state index is 12.4. The Kier molecular flexibility index (Phi) is 4.67. The highest BCUT2D eigenvalue weighted by Gasteiger charge is 2.33. The summed E-state index contributed by atoms with van der Waals surface area (Å²) >= 11 is 1.69. The van der Waals surface area contributed by atoms with Gasteiger partial charge in [0.1, 0.15) is 0 Å². The highest BCUT2D eigenvalue weighted by molar-refractivity contribution is 7.13. The molecule has 7 nitrogen and oxygen atoms in total. The number of carbonyl (C=O) groups is 2. The molecule has 138 valence electrons. The molecule has 1 atom stereocenters. The number of hydrogen-bond donors (Lipinski definition) is 2. The van der Waals surface area contributed by atoms with Crippen LogP contribution in [0.2, 0.25) is 0 Å². The predicted octanol–water partition coefficient (Wildman–Crippen LogP) is 1.70. The van der Waals surface area contributed by atoms with Crippen LogP contribution in [0.3, 0.4) is 0 Å². The summed E-state index contributed by atoms with van der Waals surface area (Å²) in [6.07, 6.45) is 2.12. The Morgan fingerprint density at radius 3 is 2.85 bits per heavy atom. The van der Waals surface area contributed by atoms with Gasteiger partial charge in [0.25, 0.3) is 0 Å². The van der Waals surface area contributed by atoms with Crippen molar-refractivity contribution in [3.05, 3.63) is 23.6 Å². The summed E-state index contributed by atoms with van der Waals surface area (Å²) in [6, 6.07) is 6.37. The van der Waals surface area contributed by atoms with Crippen molar-refractivity contribution in [3.63, 3.8) is 0 Å². The van der Waals surface area contributed by atoms with E-state index in [1.54, 1.807) is 23.3 Å². The lowest BCUT2D eigenvalue weighted by Crippen LogP contribution is -2.46. The molecule has 0 unspecified atom stereocenters. The van der Waals surface area contributed by atoms with Crippen molar-refractivity contribution in [2.75, 3.05) is 31.6 Å². The van der Waals surface area contributed by atoms with Gasteiger partial charge in [-0.2, -0.15) is 5.10 Å². The highest BCUT2D eigenvalue weighted by atomic mass is 32.1. The van der Waals surface area contributed by atoms with E-state index in [2.05, 4.69) is 37.9 Å². The number of H-pyrrole nitrogens is 1. The van der Waals surface area contributed by atoms with Gasteiger partial charge in [0.2, 0.25) is 11.8 Å². The smallest absolute Gasteiger partial charge is 0.225 e. The van der Waals surface area contributed by atoms with Crippen molar-refractivity contribution in [1.29, 1.82) is 0 Å². The number of aromatic nitrogens is 2. The van der Waals surface area contributed by atoms with Crippen molar-refractivity contribution in [3.8, 4) is 10.6 Å². The van der Waals surface area contributed by atoms with Crippen LogP contribution in [0, 0.1) is 5.92 Å². The third-order valence-corrected chi connectivity index (χ3v) is 6.13. The molecule has 2 aliphatic rings.